The van der Waals surface area contributed by atoms with Crippen molar-refractivity contribution in [3.63, 3.8) is 0 Å². The smallest absolute Gasteiger partial charge is 0.308 e. The lowest BCUT2D eigenvalue weighted by molar-refractivity contribution is -0.211. The first-order valence-electron chi connectivity index (χ1n) is 45.0. The summed E-state index contributed by atoms with van der Waals surface area (Å²) in [6.07, 6.45) is 28.1. The fraction of sp³-hybridized carbons (Fsp3) is 0.789. The summed E-state index contributed by atoms with van der Waals surface area (Å²) in [7, 11) is 0. The minimum atomic E-state index is -0.721. The van der Waals surface area contributed by atoms with Crippen LogP contribution in [0.3, 0.4) is 0 Å². The Bertz CT molecular complexity index is 3460. The van der Waals surface area contributed by atoms with Gasteiger partial charge < -0.3 is 74.8 Å². The molecular formula is C90H160N16O16. The molecule has 7 rings (SSSR count). The maximum atomic E-state index is 12.8. The summed E-state index contributed by atoms with van der Waals surface area (Å²) < 4.78 is 48.2. The number of aliphatic imine (C=N–C) groups is 2. The molecule has 3 saturated heterocycles. The molecule has 32 heteroatoms. The van der Waals surface area contributed by atoms with Crippen molar-refractivity contribution < 1.29 is 76.3 Å². The van der Waals surface area contributed by atoms with E-state index in [2.05, 4.69) is 128 Å². The SMILES string of the molecule is CC(C)=NCC(=O)C(C)C.CC(C)CC1CCCC(COC(=O)C(C)C)O1.CC(C)CC1CCCC(OC(C)C)O1.CC(C)CC1CCCC(OCCCn2cc(CNC(=O)C(Cc3cnc[nH]3)NC(=O)C(C)C)nn2)O1.CC(C)NCCC(=O)OC(C)C.CC(C)NCCC(=O)OCCn1cc(CNC(=O)C(CC2=CCC=N2)NC(=O)C(C)C)nn1. The number of allylic oxidation sites excluding steroid dienone is 1. The maximum Gasteiger partial charge on any atom is 0.308 e. The summed E-state index contributed by atoms with van der Waals surface area (Å²) in [4.78, 5) is 110. The Morgan fingerprint density at radius 2 is 1.05 bits per heavy atom. The van der Waals surface area contributed by atoms with Crippen LogP contribution in [0.5, 0.6) is 0 Å². The molecule has 4 aliphatic heterocycles. The standard InChI is InChI=1S/C25H41N7O4.C22H35N7O4.C14H26O3.C12H24O2.C9H19NO2.C8H15NO/c1-17(2)11-21-7-5-8-23(36-21)35-10-6-9-32-15-20(30-31-32)14-27-25(34)22(29-24(33)18(3)4)12-19-13-26-16-28-19;1-15(2)21(31)26-19(12-17-6-5-8-24-17)22(32)25-13-18-14-29(28-27-18)10-11-33-20(30)7-9-23-16(3)4;1-10(2)8-12-6-5-7-13(17-12)9-16-14(15)11(3)4;1-9(2)8-11-6-5-7-12(14-11)13-10(3)4;1-7(2)10-6-5-9(11)12-8(3)4;1-6(2)8(10)5-9-7(3)4/h13,15-18,21-23H,5-12,14H2,1-4H3,(H,26,28)(H,27,34)(H,29,33);6,8,14-16,19,23H,5,7,9-13H2,1-4H3,(H,25,32)(H,26,31);10-13H,5-9H2,1-4H3;9-12H,5-8H2,1-4H3;7-8,10H,5-6H2,1-4H3;6H,5H2,1-4H3. The lowest BCUT2D eigenvalue weighted by Gasteiger charge is -2.31. The number of ketones is 1. The van der Waals surface area contributed by atoms with E-state index in [1.54, 1.807) is 62.0 Å². The fourth-order valence-electron chi connectivity index (χ4n) is 12.4. The van der Waals surface area contributed by atoms with Gasteiger partial charge in [0.05, 0.1) is 107 Å². The molecule has 8 atom stereocenters. The second kappa shape index (κ2) is 63.2. The maximum absolute atomic E-state index is 12.8. The van der Waals surface area contributed by atoms with Crippen molar-refractivity contribution in [1.29, 1.82) is 0 Å². The molecule has 4 aliphatic rings. The number of esters is 3. The number of hydrogen-bond donors (Lipinski definition) is 7. The van der Waals surface area contributed by atoms with E-state index in [9.17, 15) is 38.4 Å². The van der Waals surface area contributed by atoms with Gasteiger partial charge in [0.1, 0.15) is 36.7 Å². The third-order valence-corrected chi connectivity index (χ3v) is 18.8. The van der Waals surface area contributed by atoms with E-state index < -0.39 is 12.1 Å². The van der Waals surface area contributed by atoms with Crippen LogP contribution in [0, 0.1) is 41.4 Å². The number of aromatic nitrogens is 8. The second-order valence-electron chi connectivity index (χ2n) is 35.5. The van der Waals surface area contributed by atoms with Gasteiger partial charge in [0, 0.05) is 98.2 Å². The molecule has 3 aromatic rings. The van der Waals surface area contributed by atoms with Crippen LogP contribution in [0.4, 0.5) is 0 Å². The molecule has 0 saturated carbocycles. The number of carbonyl (C=O) groups is 8. The minimum absolute atomic E-state index is 0.00319. The van der Waals surface area contributed by atoms with E-state index >= 15 is 0 Å². The Hall–Kier alpha value is -7.75. The van der Waals surface area contributed by atoms with Crippen LogP contribution in [-0.4, -0.2) is 212 Å². The molecule has 4 amide bonds. The molecule has 696 valence electrons. The summed E-state index contributed by atoms with van der Waals surface area (Å²) in [6, 6.07) is -0.686. The Labute approximate surface area is 729 Å². The van der Waals surface area contributed by atoms with E-state index in [0.29, 0.717) is 125 Å². The zero-order valence-electron chi connectivity index (χ0n) is 78.8. The number of aromatic amines is 1. The Morgan fingerprint density at radius 3 is 1.52 bits per heavy atom. The first kappa shape index (κ1) is 110. The van der Waals surface area contributed by atoms with Crippen molar-refractivity contribution in [2.75, 3.05) is 39.5 Å². The highest BCUT2D eigenvalue weighted by molar-refractivity contribution is 5.89. The van der Waals surface area contributed by atoms with E-state index in [1.165, 1.54) is 19.3 Å². The van der Waals surface area contributed by atoms with Gasteiger partial charge in [-0.15, -0.1) is 10.2 Å². The number of aryl methyl sites for hydroxylation is 1. The van der Waals surface area contributed by atoms with E-state index in [1.807, 2.05) is 95.4 Å². The average molecular weight is 1720 g/mol. The van der Waals surface area contributed by atoms with Gasteiger partial charge in [0.25, 0.3) is 0 Å². The van der Waals surface area contributed by atoms with Crippen molar-refractivity contribution in [3.05, 3.63) is 53.8 Å². The Kier molecular flexibility index (Phi) is 57.2. The number of Topliss-reactive ketones (excluding diaryl/α,β-unsaturated/α-hetero) is 1. The minimum Gasteiger partial charge on any atom is -0.464 e. The van der Waals surface area contributed by atoms with Crippen LogP contribution in [-0.2, 0) is 109 Å². The number of hydrogen-bond acceptors (Lipinski definition) is 25. The molecule has 0 aliphatic carbocycles. The molecule has 0 radical (unpaired) electrons. The number of nitrogens with one attached hydrogen (secondary N) is 7. The Balaban J connectivity index is 0.000000531. The lowest BCUT2D eigenvalue weighted by atomic mass is 9.97. The van der Waals surface area contributed by atoms with Gasteiger partial charge in [0.15, 0.2) is 18.4 Å². The quantitative estimate of drug-likeness (QED) is 0.0120. The van der Waals surface area contributed by atoms with Gasteiger partial charge in [-0.1, -0.05) is 141 Å². The number of rotatable bonds is 45. The first-order valence-corrected chi connectivity index (χ1v) is 45.0. The Morgan fingerprint density at radius 1 is 0.549 bits per heavy atom. The van der Waals surface area contributed by atoms with Crippen molar-refractivity contribution in [1.82, 2.24) is 71.9 Å². The lowest BCUT2D eigenvalue weighted by Crippen LogP contribution is -2.49. The monoisotopic (exact) mass is 1720 g/mol. The zero-order chi connectivity index (χ0) is 91.2. The molecule has 32 nitrogen and oxygen atoms in total. The summed E-state index contributed by atoms with van der Waals surface area (Å²) in [5.74, 6) is 0.319. The number of nitrogens with zero attached hydrogens (tertiary/aromatic N) is 9. The van der Waals surface area contributed by atoms with Crippen LogP contribution in [0.1, 0.15) is 292 Å². The molecule has 7 heterocycles. The van der Waals surface area contributed by atoms with E-state index in [-0.39, 0.29) is 122 Å². The highest BCUT2D eigenvalue weighted by atomic mass is 16.7. The van der Waals surface area contributed by atoms with E-state index in [0.717, 1.165) is 93.6 Å². The molecule has 0 spiro atoms. The second-order valence-corrected chi connectivity index (χ2v) is 35.5. The number of H-pyrrole nitrogens is 1. The molecule has 0 aromatic carbocycles. The molecule has 3 fully saturated rings. The van der Waals surface area contributed by atoms with Crippen LogP contribution in [0.25, 0.3) is 0 Å². The van der Waals surface area contributed by atoms with Crippen molar-refractivity contribution in [3.8, 4) is 0 Å². The highest BCUT2D eigenvalue weighted by Gasteiger charge is 2.30. The van der Waals surface area contributed by atoms with Gasteiger partial charge in [-0.25, -0.2) is 9.67 Å². The molecule has 0 bridgehead atoms. The number of carbonyl (C=O) groups excluding carboxylic acids is 8. The molecule has 7 N–H and O–H groups in total. The van der Waals surface area contributed by atoms with Crippen molar-refractivity contribution >= 4 is 59.2 Å². The van der Waals surface area contributed by atoms with Gasteiger partial charge in [-0.05, 0) is 143 Å². The first-order chi connectivity index (χ1) is 57.7. The van der Waals surface area contributed by atoms with Crippen LogP contribution in [0.15, 0.2) is 46.7 Å². The van der Waals surface area contributed by atoms with Crippen molar-refractivity contribution in [2.24, 2.45) is 51.4 Å². The summed E-state index contributed by atoms with van der Waals surface area (Å²) in [5, 5.41) is 33.9. The number of imidazole rings is 1. The predicted molar refractivity (Wildman–Crippen MR) is 475 cm³/mol. The topological polar surface area (TPSA) is 397 Å². The zero-order valence-corrected chi connectivity index (χ0v) is 78.8. The predicted octanol–water partition coefficient (Wildman–Crippen LogP) is 12.6. The van der Waals surface area contributed by atoms with Crippen molar-refractivity contribution in [2.45, 2.75) is 381 Å². The van der Waals surface area contributed by atoms with Crippen LogP contribution in [0.2, 0.25) is 0 Å². The molecule has 122 heavy (non-hydrogen) atoms. The number of amides is 4. The van der Waals surface area contributed by atoms with Crippen LogP contribution >= 0.6 is 0 Å². The number of ether oxygens (including phenoxy) is 8. The van der Waals surface area contributed by atoms with Crippen LogP contribution < -0.4 is 31.9 Å². The molecule has 3 aromatic heterocycles. The highest BCUT2D eigenvalue weighted by Crippen LogP contribution is 2.28. The van der Waals surface area contributed by atoms with Gasteiger partial charge in [0.2, 0.25) is 23.6 Å². The third kappa shape index (κ3) is 54.8. The van der Waals surface area contributed by atoms with Gasteiger partial charge in [-0.2, -0.15) is 0 Å². The van der Waals surface area contributed by atoms with E-state index in [4.69, 9.17) is 37.9 Å². The summed E-state index contributed by atoms with van der Waals surface area (Å²) >= 11 is 0. The van der Waals surface area contributed by atoms with Gasteiger partial charge in [-0.3, -0.25) is 53.0 Å². The fourth-order valence-corrected chi connectivity index (χ4v) is 12.4. The summed E-state index contributed by atoms with van der Waals surface area (Å²) in [6.45, 7) is 52.0. The average Bonchev–Trinajstić information content (AvgIpc) is 1.60. The molecular weight excluding hydrogens is 1560 g/mol. The normalized spacial score (nSPS) is 18.0. The third-order valence-electron chi connectivity index (χ3n) is 18.8. The summed E-state index contributed by atoms with van der Waals surface area (Å²) in [5.41, 5.74) is 3.71. The largest absolute Gasteiger partial charge is 0.464 e. The van der Waals surface area contributed by atoms with Gasteiger partial charge >= 0.3 is 17.9 Å². The molecule has 8 unspecified atom stereocenters.